The van der Waals surface area contributed by atoms with Crippen molar-refractivity contribution in [1.82, 2.24) is 5.32 Å². The van der Waals surface area contributed by atoms with Crippen LogP contribution in [0.25, 0.3) is 0 Å². The Balaban J connectivity index is 2.03. The van der Waals surface area contributed by atoms with E-state index in [1.807, 2.05) is 41.8 Å². The molecule has 0 spiro atoms. The molecule has 1 amide bonds. The second kappa shape index (κ2) is 8.90. The standard InChI is InChI=1S/C16H18ClNO3S/c1-20-8-9-21-11-15(19)18-16(14-3-2-10-22-14)12-4-6-13(17)7-5-12/h2-7,10,16H,8-9,11H2,1H3,(H,18,19). The summed E-state index contributed by atoms with van der Waals surface area (Å²) in [5.41, 5.74) is 0.983. The van der Waals surface area contributed by atoms with Crippen molar-refractivity contribution < 1.29 is 14.3 Å². The first-order chi connectivity index (χ1) is 10.7. The van der Waals surface area contributed by atoms with E-state index in [1.165, 1.54) is 0 Å². The highest BCUT2D eigenvalue weighted by atomic mass is 35.5. The van der Waals surface area contributed by atoms with Gasteiger partial charge in [-0.25, -0.2) is 0 Å². The largest absolute Gasteiger partial charge is 0.382 e. The smallest absolute Gasteiger partial charge is 0.246 e. The topological polar surface area (TPSA) is 47.6 Å². The summed E-state index contributed by atoms with van der Waals surface area (Å²) in [7, 11) is 1.59. The monoisotopic (exact) mass is 339 g/mol. The third-order valence-corrected chi connectivity index (χ3v) is 4.19. The normalized spacial score (nSPS) is 12.1. The van der Waals surface area contributed by atoms with E-state index in [9.17, 15) is 4.79 Å². The van der Waals surface area contributed by atoms with Crippen molar-refractivity contribution in [2.75, 3.05) is 26.9 Å². The zero-order valence-electron chi connectivity index (χ0n) is 12.3. The zero-order chi connectivity index (χ0) is 15.8. The summed E-state index contributed by atoms with van der Waals surface area (Å²) in [6, 6.07) is 11.2. The van der Waals surface area contributed by atoms with Gasteiger partial charge in [-0.15, -0.1) is 11.3 Å². The number of hydrogen-bond donors (Lipinski definition) is 1. The molecule has 0 saturated heterocycles. The minimum Gasteiger partial charge on any atom is -0.382 e. The Hall–Kier alpha value is -1.40. The maximum atomic E-state index is 12.1. The van der Waals surface area contributed by atoms with E-state index in [0.717, 1.165) is 10.4 Å². The number of carbonyl (C=O) groups is 1. The number of halogens is 1. The van der Waals surface area contributed by atoms with Gasteiger partial charge in [-0.3, -0.25) is 4.79 Å². The van der Waals surface area contributed by atoms with E-state index in [0.29, 0.717) is 18.2 Å². The number of ether oxygens (including phenoxy) is 2. The number of rotatable bonds is 8. The van der Waals surface area contributed by atoms with Crippen LogP contribution in [0, 0.1) is 0 Å². The van der Waals surface area contributed by atoms with Gasteiger partial charge in [0.15, 0.2) is 0 Å². The fourth-order valence-corrected chi connectivity index (χ4v) is 2.87. The molecule has 1 unspecified atom stereocenters. The van der Waals surface area contributed by atoms with Gasteiger partial charge in [0.05, 0.1) is 19.3 Å². The lowest BCUT2D eigenvalue weighted by Gasteiger charge is -2.18. The van der Waals surface area contributed by atoms with Crippen LogP contribution in [-0.2, 0) is 14.3 Å². The fraction of sp³-hybridized carbons (Fsp3) is 0.312. The first-order valence-electron chi connectivity index (χ1n) is 6.85. The second-order valence-electron chi connectivity index (χ2n) is 4.61. The van der Waals surface area contributed by atoms with Crippen LogP contribution >= 0.6 is 22.9 Å². The van der Waals surface area contributed by atoms with Gasteiger partial charge in [-0.2, -0.15) is 0 Å². The molecule has 1 N–H and O–H groups in total. The third-order valence-electron chi connectivity index (χ3n) is 3.00. The first kappa shape index (κ1) is 17.0. The summed E-state index contributed by atoms with van der Waals surface area (Å²) < 4.78 is 10.1. The van der Waals surface area contributed by atoms with Crippen molar-refractivity contribution >= 4 is 28.8 Å². The van der Waals surface area contributed by atoms with E-state index >= 15 is 0 Å². The summed E-state index contributed by atoms with van der Waals surface area (Å²) in [5, 5.41) is 5.65. The number of methoxy groups -OCH3 is 1. The maximum absolute atomic E-state index is 12.1. The summed E-state index contributed by atoms with van der Waals surface area (Å²) in [4.78, 5) is 13.1. The van der Waals surface area contributed by atoms with E-state index < -0.39 is 0 Å². The molecule has 2 rings (SSSR count). The molecule has 0 radical (unpaired) electrons. The molecule has 1 atom stereocenters. The lowest BCUT2D eigenvalue weighted by Crippen LogP contribution is -2.32. The van der Waals surface area contributed by atoms with Gasteiger partial charge >= 0.3 is 0 Å². The third kappa shape index (κ3) is 5.10. The number of thiophene rings is 1. The summed E-state index contributed by atoms with van der Waals surface area (Å²) in [6.07, 6.45) is 0. The molecule has 6 heteroatoms. The minimum absolute atomic E-state index is 0.0127. The molecule has 0 aliphatic heterocycles. The lowest BCUT2D eigenvalue weighted by atomic mass is 10.1. The Labute approximate surface area is 139 Å². The molecular formula is C16H18ClNO3S. The Kier molecular flexibility index (Phi) is 6.86. The Morgan fingerprint density at radius 2 is 2.05 bits per heavy atom. The molecule has 1 aromatic carbocycles. The second-order valence-corrected chi connectivity index (χ2v) is 6.03. The van der Waals surface area contributed by atoms with Crippen molar-refractivity contribution in [3.8, 4) is 0 Å². The number of hydrogen-bond acceptors (Lipinski definition) is 4. The quantitative estimate of drug-likeness (QED) is 0.751. The molecule has 4 nitrogen and oxygen atoms in total. The molecule has 118 valence electrons. The van der Waals surface area contributed by atoms with Crippen LogP contribution in [0.15, 0.2) is 41.8 Å². The van der Waals surface area contributed by atoms with Crippen molar-refractivity contribution in [1.29, 1.82) is 0 Å². The molecule has 0 fully saturated rings. The average molecular weight is 340 g/mol. The Morgan fingerprint density at radius 3 is 2.68 bits per heavy atom. The Bertz CT molecular complexity index is 572. The predicted octanol–water partition coefficient (Wildman–Crippen LogP) is 3.27. The van der Waals surface area contributed by atoms with E-state index in [2.05, 4.69) is 5.32 Å². The molecule has 22 heavy (non-hydrogen) atoms. The molecule has 1 aromatic heterocycles. The molecule has 0 bridgehead atoms. The van der Waals surface area contributed by atoms with Crippen LogP contribution in [0.4, 0.5) is 0 Å². The van der Waals surface area contributed by atoms with Crippen LogP contribution in [0.2, 0.25) is 5.02 Å². The molecule has 0 aliphatic carbocycles. The number of nitrogens with one attached hydrogen (secondary N) is 1. The molecule has 0 aliphatic rings. The molecule has 1 heterocycles. The number of benzene rings is 1. The Morgan fingerprint density at radius 1 is 1.27 bits per heavy atom. The molecule has 0 saturated carbocycles. The highest BCUT2D eigenvalue weighted by Crippen LogP contribution is 2.26. The summed E-state index contributed by atoms with van der Waals surface area (Å²) in [6.45, 7) is 0.881. The summed E-state index contributed by atoms with van der Waals surface area (Å²) >= 11 is 7.52. The van der Waals surface area contributed by atoms with E-state index in [4.69, 9.17) is 21.1 Å². The SMILES string of the molecule is COCCOCC(=O)NC(c1ccc(Cl)cc1)c1cccs1. The van der Waals surface area contributed by atoms with Gasteiger partial charge in [0, 0.05) is 17.0 Å². The van der Waals surface area contributed by atoms with Crippen LogP contribution in [0.5, 0.6) is 0 Å². The molecular weight excluding hydrogens is 322 g/mol. The maximum Gasteiger partial charge on any atom is 0.246 e. The highest BCUT2D eigenvalue weighted by molar-refractivity contribution is 7.10. The zero-order valence-corrected chi connectivity index (χ0v) is 13.8. The van der Waals surface area contributed by atoms with Gasteiger partial charge in [0.1, 0.15) is 6.61 Å². The van der Waals surface area contributed by atoms with Gasteiger partial charge < -0.3 is 14.8 Å². The van der Waals surface area contributed by atoms with Crippen LogP contribution in [0.1, 0.15) is 16.5 Å². The lowest BCUT2D eigenvalue weighted by molar-refractivity contribution is -0.126. The predicted molar refractivity (Wildman–Crippen MR) is 88.5 cm³/mol. The average Bonchev–Trinajstić information content (AvgIpc) is 3.04. The van der Waals surface area contributed by atoms with Gasteiger partial charge in [0.2, 0.25) is 5.91 Å². The van der Waals surface area contributed by atoms with Crippen molar-refractivity contribution in [2.45, 2.75) is 6.04 Å². The number of carbonyl (C=O) groups excluding carboxylic acids is 1. The van der Waals surface area contributed by atoms with Gasteiger partial charge in [0.25, 0.3) is 0 Å². The minimum atomic E-state index is -0.198. The van der Waals surface area contributed by atoms with Gasteiger partial charge in [-0.05, 0) is 29.1 Å². The van der Waals surface area contributed by atoms with Crippen molar-refractivity contribution in [3.05, 3.63) is 57.2 Å². The van der Waals surface area contributed by atoms with E-state index in [-0.39, 0.29) is 18.6 Å². The van der Waals surface area contributed by atoms with Crippen molar-refractivity contribution in [3.63, 3.8) is 0 Å². The molecule has 2 aromatic rings. The van der Waals surface area contributed by atoms with Crippen LogP contribution in [-0.4, -0.2) is 32.8 Å². The van der Waals surface area contributed by atoms with Gasteiger partial charge in [-0.1, -0.05) is 29.8 Å². The van der Waals surface area contributed by atoms with Crippen LogP contribution < -0.4 is 5.32 Å². The first-order valence-corrected chi connectivity index (χ1v) is 8.11. The van der Waals surface area contributed by atoms with Crippen molar-refractivity contribution in [2.24, 2.45) is 0 Å². The fourth-order valence-electron chi connectivity index (χ4n) is 1.94. The van der Waals surface area contributed by atoms with E-state index in [1.54, 1.807) is 18.4 Å². The van der Waals surface area contributed by atoms with Crippen LogP contribution in [0.3, 0.4) is 0 Å². The highest BCUT2D eigenvalue weighted by Gasteiger charge is 2.17. The number of amides is 1. The summed E-state index contributed by atoms with van der Waals surface area (Å²) in [5.74, 6) is -0.163.